The maximum atomic E-state index is 12.9. The van der Waals surface area contributed by atoms with Gasteiger partial charge < -0.3 is 19.3 Å². The third-order valence-electron chi connectivity index (χ3n) is 5.56. The standard InChI is InChI=1S/C25H33NO6/c1-6-18(7-2)24(17(4)31-19-11-9-8-10-12-19)32-25(29)16(3)15-20(27)22-23(28)21(30-5)13-14-26-22/h8-14,16-18,24,28H,6-7,15H2,1-5H3/t16-,17+,24-/m1/s1. The SMILES string of the molecule is CCC(CC)[C@H](OC(=O)[C@H](C)CC(=O)c1nccc(OC)c1O)[C@H](C)Oc1ccccc1. The molecule has 0 aliphatic carbocycles. The first kappa shape index (κ1) is 25.2. The van der Waals surface area contributed by atoms with E-state index in [1.807, 2.05) is 37.3 Å². The summed E-state index contributed by atoms with van der Waals surface area (Å²) in [7, 11) is 1.39. The van der Waals surface area contributed by atoms with Crippen LogP contribution in [-0.4, -0.2) is 41.2 Å². The third-order valence-corrected chi connectivity index (χ3v) is 5.56. The van der Waals surface area contributed by atoms with E-state index in [-0.39, 0.29) is 35.6 Å². The largest absolute Gasteiger partial charge is 0.503 e. The Morgan fingerprint density at radius 2 is 1.72 bits per heavy atom. The number of aromatic nitrogens is 1. The van der Waals surface area contributed by atoms with Gasteiger partial charge in [0.1, 0.15) is 18.0 Å². The Kier molecular flexibility index (Phi) is 9.50. The number of aromatic hydroxyl groups is 1. The van der Waals surface area contributed by atoms with E-state index in [4.69, 9.17) is 14.2 Å². The maximum absolute atomic E-state index is 12.9. The molecule has 0 saturated carbocycles. The Hall–Kier alpha value is -3.09. The molecule has 174 valence electrons. The smallest absolute Gasteiger partial charge is 0.309 e. The van der Waals surface area contributed by atoms with Gasteiger partial charge in [-0.15, -0.1) is 0 Å². The third kappa shape index (κ3) is 6.45. The van der Waals surface area contributed by atoms with Gasteiger partial charge in [0, 0.05) is 18.7 Å². The highest BCUT2D eigenvalue weighted by Crippen LogP contribution is 2.30. The van der Waals surface area contributed by atoms with Gasteiger partial charge in [0.2, 0.25) is 0 Å². The molecule has 7 heteroatoms. The Labute approximate surface area is 189 Å². The molecular formula is C25H33NO6. The van der Waals surface area contributed by atoms with Crippen LogP contribution in [0.1, 0.15) is 57.4 Å². The van der Waals surface area contributed by atoms with Crippen molar-refractivity contribution in [2.24, 2.45) is 11.8 Å². The summed E-state index contributed by atoms with van der Waals surface area (Å²) in [5, 5.41) is 10.2. The zero-order valence-electron chi connectivity index (χ0n) is 19.4. The normalized spacial score (nSPS) is 13.8. The van der Waals surface area contributed by atoms with Gasteiger partial charge >= 0.3 is 5.97 Å². The van der Waals surface area contributed by atoms with Crippen LogP contribution in [0.15, 0.2) is 42.6 Å². The first-order chi connectivity index (χ1) is 15.3. The van der Waals surface area contributed by atoms with Gasteiger partial charge in [-0.2, -0.15) is 0 Å². The van der Waals surface area contributed by atoms with E-state index >= 15 is 0 Å². The Balaban J connectivity index is 2.10. The summed E-state index contributed by atoms with van der Waals surface area (Å²) < 4.78 is 16.9. The highest BCUT2D eigenvalue weighted by molar-refractivity contribution is 5.99. The molecule has 7 nitrogen and oxygen atoms in total. The molecule has 0 spiro atoms. The molecule has 0 aliphatic rings. The summed E-state index contributed by atoms with van der Waals surface area (Å²) in [6.07, 6.45) is 2.06. The molecule has 0 bridgehead atoms. The Bertz CT molecular complexity index is 881. The van der Waals surface area contributed by atoms with E-state index in [0.29, 0.717) is 5.75 Å². The lowest BCUT2D eigenvalue weighted by atomic mass is 9.92. The van der Waals surface area contributed by atoms with Crippen LogP contribution >= 0.6 is 0 Å². The number of hydrogen-bond donors (Lipinski definition) is 1. The number of hydrogen-bond acceptors (Lipinski definition) is 7. The van der Waals surface area contributed by atoms with Crippen LogP contribution in [-0.2, 0) is 9.53 Å². The van der Waals surface area contributed by atoms with Crippen LogP contribution < -0.4 is 9.47 Å². The lowest BCUT2D eigenvalue weighted by Gasteiger charge is -2.31. The fourth-order valence-corrected chi connectivity index (χ4v) is 3.62. The number of rotatable bonds is 12. The number of ketones is 1. The summed E-state index contributed by atoms with van der Waals surface area (Å²) in [6, 6.07) is 10.8. The van der Waals surface area contributed by atoms with E-state index < -0.39 is 23.8 Å². The fraction of sp³-hybridized carbons (Fsp3) is 0.480. The molecular weight excluding hydrogens is 410 g/mol. The number of methoxy groups -OCH3 is 1. The number of ether oxygens (including phenoxy) is 3. The fourth-order valence-electron chi connectivity index (χ4n) is 3.62. The van der Waals surface area contributed by atoms with E-state index in [2.05, 4.69) is 18.8 Å². The van der Waals surface area contributed by atoms with Crippen molar-refractivity contribution in [3.63, 3.8) is 0 Å². The van der Waals surface area contributed by atoms with Gasteiger partial charge in [-0.05, 0) is 37.8 Å². The summed E-state index contributed by atoms with van der Waals surface area (Å²) in [5.74, 6) is -1.02. The number of nitrogens with zero attached hydrogens (tertiary/aromatic N) is 1. The van der Waals surface area contributed by atoms with E-state index in [1.165, 1.54) is 19.4 Å². The predicted molar refractivity (Wildman–Crippen MR) is 121 cm³/mol. The Morgan fingerprint density at radius 1 is 1.06 bits per heavy atom. The van der Waals surface area contributed by atoms with Crippen molar-refractivity contribution in [2.75, 3.05) is 7.11 Å². The maximum Gasteiger partial charge on any atom is 0.309 e. The molecule has 0 fully saturated rings. The molecule has 32 heavy (non-hydrogen) atoms. The van der Waals surface area contributed by atoms with Crippen LogP contribution in [0.2, 0.25) is 0 Å². The lowest BCUT2D eigenvalue weighted by Crippen LogP contribution is -2.40. The van der Waals surface area contributed by atoms with Gasteiger partial charge in [0.15, 0.2) is 23.0 Å². The Morgan fingerprint density at radius 3 is 2.31 bits per heavy atom. The lowest BCUT2D eigenvalue weighted by molar-refractivity contribution is -0.162. The van der Waals surface area contributed by atoms with Gasteiger partial charge in [0.05, 0.1) is 13.0 Å². The van der Waals surface area contributed by atoms with Crippen molar-refractivity contribution in [1.29, 1.82) is 0 Å². The van der Waals surface area contributed by atoms with Gasteiger partial charge in [0.25, 0.3) is 0 Å². The highest BCUT2D eigenvalue weighted by atomic mass is 16.6. The van der Waals surface area contributed by atoms with Gasteiger partial charge in [-0.25, -0.2) is 4.98 Å². The van der Waals surface area contributed by atoms with E-state index in [9.17, 15) is 14.7 Å². The average Bonchev–Trinajstić information content (AvgIpc) is 2.79. The van der Waals surface area contributed by atoms with Crippen molar-refractivity contribution < 1.29 is 28.9 Å². The van der Waals surface area contributed by atoms with E-state index in [0.717, 1.165) is 12.8 Å². The van der Waals surface area contributed by atoms with Gasteiger partial charge in [-0.3, -0.25) is 9.59 Å². The molecule has 3 atom stereocenters. The molecule has 2 rings (SSSR count). The zero-order valence-corrected chi connectivity index (χ0v) is 19.4. The topological polar surface area (TPSA) is 95.0 Å². The van der Waals surface area contributed by atoms with Crippen molar-refractivity contribution in [3.05, 3.63) is 48.3 Å². The van der Waals surface area contributed by atoms with Crippen molar-refractivity contribution in [1.82, 2.24) is 4.98 Å². The molecule has 1 N–H and O–H groups in total. The van der Waals surface area contributed by atoms with Gasteiger partial charge in [-0.1, -0.05) is 39.0 Å². The molecule has 0 aliphatic heterocycles. The second-order valence-electron chi connectivity index (χ2n) is 7.85. The quantitative estimate of drug-likeness (QED) is 0.371. The summed E-state index contributed by atoms with van der Waals surface area (Å²) in [5.41, 5.74) is -0.124. The first-order valence-electron chi connectivity index (χ1n) is 11.0. The number of pyridine rings is 1. The molecule has 0 radical (unpaired) electrons. The zero-order chi connectivity index (χ0) is 23.7. The molecule has 1 aromatic carbocycles. The number of Topliss-reactive ketones (excluding diaryl/α,β-unsaturated/α-hetero) is 1. The first-order valence-corrected chi connectivity index (χ1v) is 11.0. The second-order valence-corrected chi connectivity index (χ2v) is 7.85. The minimum atomic E-state index is -0.712. The predicted octanol–water partition coefficient (Wildman–Crippen LogP) is 4.82. The van der Waals surface area contributed by atoms with Crippen molar-refractivity contribution >= 4 is 11.8 Å². The van der Waals surface area contributed by atoms with Crippen molar-refractivity contribution in [2.45, 2.75) is 59.2 Å². The number of para-hydroxylation sites is 1. The molecule has 0 unspecified atom stereocenters. The number of carbonyl (C=O) groups is 2. The van der Waals surface area contributed by atoms with Crippen LogP contribution in [0, 0.1) is 11.8 Å². The molecule has 1 heterocycles. The number of esters is 1. The summed E-state index contributed by atoms with van der Waals surface area (Å²) in [6.45, 7) is 7.62. The van der Waals surface area contributed by atoms with Crippen LogP contribution in [0.4, 0.5) is 0 Å². The number of carbonyl (C=O) groups excluding carboxylic acids is 2. The molecule has 0 amide bonds. The molecule has 2 aromatic rings. The van der Waals surface area contributed by atoms with Crippen LogP contribution in [0.25, 0.3) is 0 Å². The van der Waals surface area contributed by atoms with Crippen LogP contribution in [0.3, 0.4) is 0 Å². The monoisotopic (exact) mass is 443 g/mol. The highest BCUT2D eigenvalue weighted by Gasteiger charge is 2.32. The molecule has 0 saturated heterocycles. The number of benzene rings is 1. The van der Waals surface area contributed by atoms with Crippen molar-refractivity contribution in [3.8, 4) is 17.2 Å². The minimum Gasteiger partial charge on any atom is -0.503 e. The summed E-state index contributed by atoms with van der Waals surface area (Å²) in [4.78, 5) is 29.5. The average molecular weight is 444 g/mol. The molecule has 1 aromatic heterocycles. The summed E-state index contributed by atoms with van der Waals surface area (Å²) >= 11 is 0. The second kappa shape index (κ2) is 12.1. The van der Waals surface area contributed by atoms with E-state index in [1.54, 1.807) is 6.92 Å². The van der Waals surface area contributed by atoms with Crippen LogP contribution in [0.5, 0.6) is 17.2 Å². The minimum absolute atomic E-state index is 0.115.